The highest BCUT2D eigenvalue weighted by Crippen LogP contribution is 2.39. The Bertz CT molecular complexity index is 3020. The van der Waals surface area contributed by atoms with Crippen LogP contribution in [0, 0.1) is 0 Å². The van der Waals surface area contributed by atoms with Crippen molar-refractivity contribution in [2.45, 2.75) is 428 Å². The van der Waals surface area contributed by atoms with Crippen molar-refractivity contribution < 1.29 is 188 Å². The monoisotopic (exact) mass is 1790 g/mol. The summed E-state index contributed by atoms with van der Waals surface area (Å²) in [6.45, 7) is -0.231. The van der Waals surface area contributed by atoms with E-state index in [1.807, 2.05) is 6.08 Å². The van der Waals surface area contributed by atoms with E-state index in [0.29, 0.717) is 12.8 Å². The molecule has 0 aliphatic carbocycles. The second-order valence-electron chi connectivity index (χ2n) is 33.5. The Labute approximate surface area is 723 Å². The summed E-state index contributed by atoms with van der Waals surface area (Å²) in [4.78, 5) is 52.1. The van der Waals surface area contributed by atoms with Gasteiger partial charge in [0.2, 0.25) is 23.6 Å². The highest BCUT2D eigenvalue weighted by molar-refractivity contribution is 5.76. The van der Waals surface area contributed by atoms with Crippen molar-refractivity contribution in [3.05, 3.63) is 12.2 Å². The molecule has 7 aliphatic heterocycles. The maximum absolute atomic E-state index is 13.7. The molecule has 37 atom stereocenters. The predicted octanol–water partition coefficient (Wildman–Crippen LogP) is -5.24. The summed E-state index contributed by atoms with van der Waals surface area (Å²) in [5.74, 6) is -2.93. The van der Waals surface area contributed by atoms with Crippen LogP contribution in [0.1, 0.15) is 202 Å². The van der Waals surface area contributed by atoms with Crippen molar-refractivity contribution in [1.29, 1.82) is 0 Å². The van der Waals surface area contributed by atoms with Crippen molar-refractivity contribution in [2.24, 2.45) is 0 Å². The van der Waals surface area contributed by atoms with E-state index < -0.39 is 303 Å². The number of hydrogen-bond acceptors (Lipinski definition) is 38. The first-order chi connectivity index (χ1) is 59.4. The molecule has 722 valence electrons. The van der Waals surface area contributed by atoms with E-state index in [9.17, 15) is 121 Å². The summed E-state index contributed by atoms with van der Waals surface area (Å²) >= 11 is 0. The predicted molar refractivity (Wildman–Crippen MR) is 429 cm³/mol. The lowest BCUT2D eigenvalue weighted by Gasteiger charge is -2.51. The third-order valence-electron chi connectivity index (χ3n) is 23.7. The van der Waals surface area contributed by atoms with Gasteiger partial charge in [-0.1, -0.05) is 167 Å². The van der Waals surface area contributed by atoms with E-state index in [-0.39, 0.29) is 6.42 Å². The molecule has 42 nitrogen and oxygen atoms in total. The molecule has 0 aromatic heterocycles. The van der Waals surface area contributed by atoms with Gasteiger partial charge in [0.05, 0.1) is 65.0 Å². The van der Waals surface area contributed by atoms with Gasteiger partial charge in [-0.15, -0.1) is 0 Å². The number of aliphatic hydroxyl groups is 20. The normalized spacial score (nSPS) is 38.4. The van der Waals surface area contributed by atoms with Gasteiger partial charge in [-0.2, -0.15) is 0 Å². The first-order valence-corrected chi connectivity index (χ1v) is 44.5. The van der Waals surface area contributed by atoms with Gasteiger partial charge in [-0.3, -0.25) is 19.2 Å². The summed E-state index contributed by atoms with van der Waals surface area (Å²) in [6, 6.07) is -6.41. The van der Waals surface area contributed by atoms with Crippen LogP contribution in [0.5, 0.6) is 0 Å². The van der Waals surface area contributed by atoms with Gasteiger partial charge in [-0.05, 0) is 19.3 Å². The number of amides is 4. The Kier molecular flexibility index (Phi) is 48.1. The molecule has 24 N–H and O–H groups in total. The van der Waals surface area contributed by atoms with Gasteiger partial charge in [-0.25, -0.2) is 0 Å². The first kappa shape index (κ1) is 107. The Hall–Kier alpha value is -3.74. The topological polar surface area (TPSA) is 650 Å². The quantitative estimate of drug-likeness (QED) is 0.0200. The van der Waals surface area contributed by atoms with E-state index in [4.69, 9.17) is 66.3 Å². The fraction of sp³-hybridized carbons (Fsp3) is 0.927. The Morgan fingerprint density at radius 2 is 0.661 bits per heavy atom. The number of nitrogens with one attached hydrogen (secondary N) is 4. The Balaban J connectivity index is 1.13. The molecule has 0 saturated carbocycles. The standard InChI is InChI=1S/C82H146N4O38/c1-6-8-10-12-14-16-18-20-22-24-26-28-30-32-46(96)45(86-54(97)33-31-29-27-25-23-21-19-17-15-13-11-9-7-2)40-111-79-68(108)66(106)72(52(39-92)118-79)121-82-70(110)75(62(102)53(119-82)41-112-76-56(84-43(4)94)64(104)71(51(38-91)117-76)120-80-67(107)65(105)59(99)48(35-88)115-80)124-81-69(109)74(61(101)50(37-90)116-81)123-78-57(85-44(5)95)73(60(100)49(36-89)114-78)122-77-55(83-42(3)93)63(103)58(98)47(34-87)113-77/h30,32,45-53,55-82,87-92,96,98-110H,6-29,31,33-41H2,1-5H3,(H,83,93)(H,84,94)(H,85,95)(H,86,97)/b32-30+/t45-,46+,47?,48?,49?,50?,51?,52?,53?,55?,56?,57?,58-,59-,60-,61-,62-,63+,64+,65-,66+,67?,68?,69?,70?,71+,72+,73+,74-,75-,76+,77+,78-,79+,80-,81+,82-/m0/s1. The zero-order chi connectivity index (χ0) is 90.9. The van der Waals surface area contributed by atoms with Crippen LogP contribution in [0.25, 0.3) is 0 Å². The summed E-state index contributed by atoms with van der Waals surface area (Å²) in [7, 11) is 0. The molecule has 0 aromatic carbocycles. The minimum atomic E-state index is -2.42. The molecule has 0 radical (unpaired) electrons. The number of carbonyl (C=O) groups is 4. The van der Waals surface area contributed by atoms with Crippen LogP contribution in [0.15, 0.2) is 12.2 Å². The minimum Gasteiger partial charge on any atom is -0.394 e. The van der Waals surface area contributed by atoms with Crippen LogP contribution < -0.4 is 21.3 Å². The molecule has 14 unspecified atom stereocenters. The molecule has 7 heterocycles. The number of carbonyl (C=O) groups excluding carboxylic acids is 4. The zero-order valence-electron chi connectivity index (χ0n) is 71.9. The lowest BCUT2D eigenvalue weighted by atomic mass is 9.93. The maximum Gasteiger partial charge on any atom is 0.220 e. The third kappa shape index (κ3) is 31.2. The highest BCUT2D eigenvalue weighted by atomic mass is 16.8. The van der Waals surface area contributed by atoms with Crippen LogP contribution in [-0.4, -0.2) is 406 Å². The molecule has 0 aromatic rings. The van der Waals surface area contributed by atoms with Crippen molar-refractivity contribution in [1.82, 2.24) is 21.3 Å². The van der Waals surface area contributed by atoms with Crippen LogP contribution in [0.4, 0.5) is 0 Å². The van der Waals surface area contributed by atoms with Gasteiger partial charge >= 0.3 is 0 Å². The summed E-state index contributed by atoms with van der Waals surface area (Å²) in [5.41, 5.74) is 0. The fourth-order valence-electron chi connectivity index (χ4n) is 16.5. The van der Waals surface area contributed by atoms with Gasteiger partial charge in [0, 0.05) is 27.2 Å². The van der Waals surface area contributed by atoms with Gasteiger partial charge in [0.1, 0.15) is 171 Å². The van der Waals surface area contributed by atoms with Crippen molar-refractivity contribution in [3.8, 4) is 0 Å². The second kappa shape index (κ2) is 55.6. The molecule has 7 fully saturated rings. The first-order valence-electron chi connectivity index (χ1n) is 44.5. The van der Waals surface area contributed by atoms with Crippen LogP contribution >= 0.6 is 0 Å². The number of rotatable bonds is 54. The average molecular weight is 1800 g/mol. The highest BCUT2D eigenvalue weighted by Gasteiger charge is 2.59. The summed E-state index contributed by atoms with van der Waals surface area (Å²) in [6.07, 6.45) is -34.5. The number of hydrogen-bond donors (Lipinski definition) is 24. The van der Waals surface area contributed by atoms with E-state index >= 15 is 0 Å². The molecule has 0 bridgehead atoms. The van der Waals surface area contributed by atoms with Gasteiger partial charge in [0.25, 0.3) is 0 Å². The Morgan fingerprint density at radius 1 is 0.323 bits per heavy atom. The maximum atomic E-state index is 13.7. The SMILES string of the molecule is CCCCCCCCCCCCC/C=C/[C@@H](O)[C@H](CO[C@@H]1OC(CO)[C@@H](O[C@@H]2OC(CO[C@@H]3OC(CO)[C@@H](O[C@@H]4OC(CO)[C@H](O)[C@H](O)C4O)[C@H](O)C3NC(C)=O)[C@H](O)[C@H](O[C@H]3OC(CO)[C@H](O)[C@H](O[C@@H]4OC(CO)[C@H](O)[C@H](O[C@H]5OC(CO)[C@H](O)[C@H](O)C5NC(C)=O)C4NC(C)=O)C3O)C2O)[C@H](O)C1O)NC(=O)CCCCCCCCCCCCCCC. The molecule has 7 saturated heterocycles. The van der Waals surface area contributed by atoms with Crippen molar-refractivity contribution in [3.63, 3.8) is 0 Å². The summed E-state index contributed by atoms with van der Waals surface area (Å²) in [5, 5.41) is 236. The van der Waals surface area contributed by atoms with Crippen LogP contribution in [0.2, 0.25) is 0 Å². The number of unbranched alkanes of at least 4 members (excludes halogenated alkanes) is 23. The molecule has 7 aliphatic rings. The average Bonchev–Trinajstić information content (AvgIpc) is 0.750. The van der Waals surface area contributed by atoms with E-state index in [0.717, 1.165) is 85.0 Å². The lowest BCUT2D eigenvalue weighted by Crippen LogP contribution is -2.71. The van der Waals surface area contributed by atoms with Crippen molar-refractivity contribution >= 4 is 23.6 Å². The molecule has 7 rings (SSSR count). The molecular weight excluding hydrogens is 1650 g/mol. The van der Waals surface area contributed by atoms with E-state index in [1.165, 1.54) is 89.5 Å². The minimum absolute atomic E-state index is 0.120. The van der Waals surface area contributed by atoms with Gasteiger partial charge in [0.15, 0.2) is 44.0 Å². The van der Waals surface area contributed by atoms with Gasteiger partial charge < -0.3 is 190 Å². The lowest BCUT2D eigenvalue weighted by molar-refractivity contribution is -0.392. The molecule has 0 spiro atoms. The van der Waals surface area contributed by atoms with Crippen LogP contribution in [-0.2, 0) is 85.5 Å². The number of allylic oxidation sites excluding steroid dienone is 1. The number of ether oxygens (including phenoxy) is 14. The number of aliphatic hydroxyl groups excluding tert-OH is 20. The van der Waals surface area contributed by atoms with E-state index in [1.54, 1.807) is 0 Å². The summed E-state index contributed by atoms with van der Waals surface area (Å²) < 4.78 is 84.1. The smallest absolute Gasteiger partial charge is 0.220 e. The fourth-order valence-corrected chi connectivity index (χ4v) is 16.5. The largest absolute Gasteiger partial charge is 0.394 e. The molecule has 42 heteroatoms. The third-order valence-corrected chi connectivity index (χ3v) is 23.7. The second-order valence-corrected chi connectivity index (χ2v) is 33.5. The van der Waals surface area contributed by atoms with Crippen LogP contribution in [0.3, 0.4) is 0 Å². The zero-order valence-corrected chi connectivity index (χ0v) is 71.9. The van der Waals surface area contributed by atoms with E-state index in [2.05, 4.69) is 35.1 Å². The van der Waals surface area contributed by atoms with Crippen molar-refractivity contribution in [2.75, 3.05) is 52.9 Å². The molecule has 124 heavy (non-hydrogen) atoms. The molecular formula is C82H146N4O38. The molecule has 4 amide bonds. The Morgan fingerprint density at radius 3 is 1.14 bits per heavy atom.